The molecule has 0 amide bonds. The Balaban J connectivity index is 0.000000294. The molecular formula is C41H82O3. The summed E-state index contributed by atoms with van der Waals surface area (Å²) in [5, 5.41) is 0. The molecule has 4 fully saturated rings. The number of methoxy groups -OCH3 is 1. The van der Waals surface area contributed by atoms with Crippen molar-refractivity contribution in [1.29, 1.82) is 0 Å². The lowest BCUT2D eigenvalue weighted by Crippen LogP contribution is -2.37. The van der Waals surface area contributed by atoms with E-state index in [0.29, 0.717) is 40.0 Å². The molecule has 0 spiro atoms. The molecule has 3 nitrogen and oxygen atoms in total. The minimum absolute atomic E-state index is 0.219. The van der Waals surface area contributed by atoms with Crippen LogP contribution in [0.15, 0.2) is 0 Å². The topological polar surface area (TPSA) is 27.7 Å². The zero-order chi connectivity index (χ0) is 33.9. The zero-order valence-corrected chi connectivity index (χ0v) is 33.0. The van der Waals surface area contributed by atoms with Crippen molar-refractivity contribution in [2.24, 2.45) is 44.3 Å². The highest BCUT2D eigenvalue weighted by atomic mass is 16.7. The van der Waals surface area contributed by atoms with E-state index in [1.165, 1.54) is 83.5 Å². The van der Waals surface area contributed by atoms with E-state index in [9.17, 15) is 0 Å². The fourth-order valence-corrected chi connectivity index (χ4v) is 8.23. The summed E-state index contributed by atoms with van der Waals surface area (Å²) >= 11 is 0. The predicted molar refractivity (Wildman–Crippen MR) is 193 cm³/mol. The van der Waals surface area contributed by atoms with E-state index in [2.05, 4.69) is 96.9 Å². The maximum absolute atomic E-state index is 5.47. The van der Waals surface area contributed by atoms with Crippen molar-refractivity contribution in [1.82, 2.24) is 0 Å². The summed E-state index contributed by atoms with van der Waals surface area (Å²) in [4.78, 5) is 0. The Bertz CT molecular complexity index is 744. The molecule has 0 aromatic heterocycles. The first-order chi connectivity index (χ1) is 20.1. The lowest BCUT2D eigenvalue weighted by Gasteiger charge is -2.45. The van der Waals surface area contributed by atoms with Crippen molar-refractivity contribution >= 4 is 0 Å². The van der Waals surface area contributed by atoms with E-state index < -0.39 is 0 Å². The minimum atomic E-state index is 0.219. The molecule has 2 unspecified atom stereocenters. The molecule has 1 saturated heterocycles. The average Bonchev–Trinajstić information content (AvgIpc) is 3.37. The van der Waals surface area contributed by atoms with Crippen molar-refractivity contribution < 1.29 is 14.2 Å². The van der Waals surface area contributed by atoms with E-state index in [4.69, 9.17) is 14.2 Å². The summed E-state index contributed by atoms with van der Waals surface area (Å²) in [7, 11) is 1.85. The van der Waals surface area contributed by atoms with Crippen LogP contribution in [0, 0.1) is 44.3 Å². The van der Waals surface area contributed by atoms with Gasteiger partial charge >= 0.3 is 0 Å². The van der Waals surface area contributed by atoms with Gasteiger partial charge in [-0.1, -0.05) is 142 Å². The number of rotatable bonds is 3. The molecule has 2 atom stereocenters. The van der Waals surface area contributed by atoms with Crippen molar-refractivity contribution in [3.63, 3.8) is 0 Å². The van der Waals surface area contributed by atoms with Crippen LogP contribution < -0.4 is 0 Å². The Kier molecular flexibility index (Phi) is 17.0. The predicted octanol–water partition coefficient (Wildman–Crippen LogP) is 12.9. The van der Waals surface area contributed by atoms with Gasteiger partial charge in [0.15, 0.2) is 0 Å². The molecule has 4 aliphatic rings. The molecule has 44 heavy (non-hydrogen) atoms. The van der Waals surface area contributed by atoms with E-state index in [-0.39, 0.29) is 5.41 Å². The SMILES string of the molecule is CC(C)(C)C1(C)CCCC1.CC(C)(C)C1(C)CCCCC1.CC(C)(C)CC1(C)COCOC1.COC1CCCCC1C(C)C. The second-order valence-corrected chi connectivity index (χ2v) is 19.7. The lowest BCUT2D eigenvalue weighted by atomic mass is 9.61. The molecule has 4 rings (SSSR count). The Hall–Kier alpha value is -0.120. The van der Waals surface area contributed by atoms with Gasteiger partial charge in [0, 0.05) is 12.5 Å². The van der Waals surface area contributed by atoms with Gasteiger partial charge in [0.25, 0.3) is 0 Å². The third-order valence-corrected chi connectivity index (χ3v) is 12.2. The molecule has 0 N–H and O–H groups in total. The van der Waals surface area contributed by atoms with E-state index in [0.717, 1.165) is 31.5 Å². The van der Waals surface area contributed by atoms with Gasteiger partial charge in [-0.2, -0.15) is 0 Å². The fourth-order valence-electron chi connectivity index (χ4n) is 8.23. The largest absolute Gasteiger partial charge is 0.381 e. The van der Waals surface area contributed by atoms with Gasteiger partial charge in [0.1, 0.15) is 6.79 Å². The second kappa shape index (κ2) is 17.9. The monoisotopic (exact) mass is 623 g/mol. The van der Waals surface area contributed by atoms with Crippen molar-refractivity contribution in [2.75, 3.05) is 27.1 Å². The van der Waals surface area contributed by atoms with Crippen LogP contribution >= 0.6 is 0 Å². The Morgan fingerprint density at radius 2 is 1.05 bits per heavy atom. The first kappa shape index (κ1) is 41.9. The van der Waals surface area contributed by atoms with Crippen LogP contribution in [-0.2, 0) is 14.2 Å². The molecule has 3 saturated carbocycles. The normalized spacial score (nSPS) is 26.7. The lowest BCUT2D eigenvalue weighted by molar-refractivity contribution is -0.167. The highest BCUT2D eigenvalue weighted by Crippen LogP contribution is 2.50. The summed E-state index contributed by atoms with van der Waals surface area (Å²) in [5.74, 6) is 1.61. The minimum Gasteiger partial charge on any atom is -0.381 e. The fraction of sp³-hybridized carbons (Fsp3) is 1.00. The number of hydrogen-bond donors (Lipinski definition) is 0. The summed E-state index contributed by atoms with van der Waals surface area (Å²) in [6, 6.07) is 0. The van der Waals surface area contributed by atoms with Crippen molar-refractivity contribution in [3.05, 3.63) is 0 Å². The zero-order valence-electron chi connectivity index (χ0n) is 33.0. The molecule has 1 heterocycles. The van der Waals surface area contributed by atoms with Crippen LogP contribution in [0.4, 0.5) is 0 Å². The van der Waals surface area contributed by atoms with Crippen LogP contribution in [0.25, 0.3) is 0 Å². The van der Waals surface area contributed by atoms with E-state index in [1.54, 1.807) is 0 Å². The summed E-state index contributed by atoms with van der Waals surface area (Å²) in [5.41, 5.74) is 2.85. The Morgan fingerprint density at radius 1 is 0.636 bits per heavy atom. The molecular weight excluding hydrogens is 540 g/mol. The van der Waals surface area contributed by atoms with Gasteiger partial charge in [-0.15, -0.1) is 0 Å². The van der Waals surface area contributed by atoms with Crippen LogP contribution in [0.1, 0.15) is 187 Å². The van der Waals surface area contributed by atoms with Crippen molar-refractivity contribution in [3.8, 4) is 0 Å². The third-order valence-electron chi connectivity index (χ3n) is 12.2. The van der Waals surface area contributed by atoms with Gasteiger partial charge < -0.3 is 14.2 Å². The third kappa shape index (κ3) is 14.3. The molecule has 3 aliphatic carbocycles. The van der Waals surface area contributed by atoms with Crippen LogP contribution in [0.5, 0.6) is 0 Å². The number of ether oxygens (including phenoxy) is 3. The maximum atomic E-state index is 5.47. The maximum Gasteiger partial charge on any atom is 0.146 e. The first-order valence-corrected chi connectivity index (χ1v) is 18.8. The first-order valence-electron chi connectivity index (χ1n) is 18.8. The average molecular weight is 623 g/mol. The summed E-state index contributed by atoms with van der Waals surface area (Å²) < 4.78 is 16.1. The van der Waals surface area contributed by atoms with Crippen LogP contribution in [-0.4, -0.2) is 33.2 Å². The van der Waals surface area contributed by atoms with Crippen LogP contribution in [0.3, 0.4) is 0 Å². The molecule has 0 aromatic rings. The molecule has 0 aromatic carbocycles. The van der Waals surface area contributed by atoms with E-state index >= 15 is 0 Å². The molecule has 264 valence electrons. The second-order valence-electron chi connectivity index (χ2n) is 19.7. The Morgan fingerprint density at radius 3 is 1.36 bits per heavy atom. The molecule has 3 heteroatoms. The van der Waals surface area contributed by atoms with Gasteiger partial charge in [0.2, 0.25) is 0 Å². The van der Waals surface area contributed by atoms with Gasteiger partial charge in [-0.05, 0) is 83.9 Å². The molecule has 0 bridgehead atoms. The molecule has 0 radical (unpaired) electrons. The van der Waals surface area contributed by atoms with Gasteiger partial charge in [-0.3, -0.25) is 0 Å². The quantitative estimate of drug-likeness (QED) is 0.313. The van der Waals surface area contributed by atoms with Crippen molar-refractivity contribution in [2.45, 2.75) is 193 Å². The van der Waals surface area contributed by atoms with Crippen LogP contribution in [0.2, 0.25) is 0 Å². The van der Waals surface area contributed by atoms with Gasteiger partial charge in [0.05, 0.1) is 19.3 Å². The standard InChI is InChI=1S/C11H22.C10H20O2.C10H20O.C10H20/c1-10(2,3)11(4)8-6-5-7-9-11;1-9(2,3)5-10(4)6-11-8-12-7-10;1-8(2)9-6-4-5-7-10(9)11-3;1-9(2,3)10(4)7-5-6-8-10/h5-9H2,1-4H3;5-8H2,1-4H3;8-10H,4-7H2,1-3H3;5-8H2,1-4H3. The van der Waals surface area contributed by atoms with E-state index in [1.807, 2.05) is 7.11 Å². The number of hydrogen-bond acceptors (Lipinski definition) is 3. The summed E-state index contributed by atoms with van der Waals surface area (Å²) in [6.07, 6.45) is 20.2. The highest BCUT2D eigenvalue weighted by molar-refractivity contribution is 4.90. The Labute approximate surface area is 278 Å². The smallest absolute Gasteiger partial charge is 0.146 e. The summed E-state index contributed by atoms with van der Waals surface area (Å²) in [6.45, 7) is 35.0. The molecule has 1 aliphatic heterocycles. The highest BCUT2D eigenvalue weighted by Gasteiger charge is 2.39. The van der Waals surface area contributed by atoms with Gasteiger partial charge in [-0.25, -0.2) is 0 Å².